The summed E-state index contributed by atoms with van der Waals surface area (Å²) < 4.78 is 50.5. The van der Waals surface area contributed by atoms with Gasteiger partial charge in [0.15, 0.2) is 15.6 Å². The molecule has 0 saturated heterocycles. The summed E-state index contributed by atoms with van der Waals surface area (Å²) in [7, 11) is -4.15. The highest BCUT2D eigenvalue weighted by Crippen LogP contribution is 2.23. The number of halogens is 2. The molecule has 112 valence electrons. The largest absolute Gasteiger partial charge is 0.293 e. The monoisotopic (exact) mass is 330 g/mol. The van der Waals surface area contributed by atoms with Gasteiger partial charge >= 0.3 is 0 Å². The third-order valence-electron chi connectivity index (χ3n) is 2.89. The van der Waals surface area contributed by atoms with Crippen LogP contribution in [-0.2, 0) is 9.84 Å². The lowest BCUT2D eigenvalue weighted by atomic mass is 10.2. The fourth-order valence-corrected chi connectivity index (χ4v) is 4.19. The number of hydrogen-bond acceptors (Lipinski definition) is 4. The molecule has 0 radical (unpaired) electrons. The van der Waals surface area contributed by atoms with Crippen LogP contribution in [0.15, 0.2) is 29.2 Å². The second kappa shape index (κ2) is 5.65. The number of carbonyl (C=O) groups is 1. The third-order valence-corrected chi connectivity index (χ3v) is 5.50. The molecule has 0 amide bonds. The van der Waals surface area contributed by atoms with Crippen molar-refractivity contribution in [1.82, 2.24) is 0 Å². The highest BCUT2D eigenvalue weighted by atomic mass is 32.2. The van der Waals surface area contributed by atoms with E-state index >= 15 is 0 Å². The molecule has 1 aromatic heterocycles. The van der Waals surface area contributed by atoms with Crippen molar-refractivity contribution in [3.8, 4) is 0 Å². The van der Waals surface area contributed by atoms with Crippen molar-refractivity contribution in [1.29, 1.82) is 0 Å². The second-order valence-corrected chi connectivity index (χ2v) is 8.00. The maximum atomic E-state index is 13.6. The zero-order valence-corrected chi connectivity index (χ0v) is 12.9. The van der Waals surface area contributed by atoms with Crippen molar-refractivity contribution in [2.45, 2.75) is 18.7 Å². The van der Waals surface area contributed by atoms with Gasteiger partial charge in [0, 0.05) is 21.4 Å². The highest BCUT2D eigenvalue weighted by molar-refractivity contribution is 7.92. The Kier molecular flexibility index (Phi) is 4.25. The van der Waals surface area contributed by atoms with Crippen LogP contribution in [0.25, 0.3) is 0 Å². The number of carbonyl (C=O) groups excluding carboxylic acids is 1. The van der Waals surface area contributed by atoms with Crippen molar-refractivity contribution in [3.63, 3.8) is 0 Å². The SMILES string of the molecule is Cc1cc(C(=O)CS(=O)(=O)c2ccc(F)cc2F)c(C)s1. The number of sulfone groups is 1. The van der Waals surface area contributed by atoms with E-state index in [1.54, 1.807) is 13.0 Å². The standard InChI is InChI=1S/C14H12F2O3S2/c1-8-5-11(9(2)20-8)13(17)7-21(18,19)14-4-3-10(15)6-12(14)16/h3-6H,7H2,1-2H3. The molecule has 7 heteroatoms. The average molecular weight is 330 g/mol. The molecular formula is C14H12F2O3S2. The van der Waals surface area contributed by atoms with Crippen LogP contribution >= 0.6 is 11.3 Å². The molecule has 0 bridgehead atoms. The van der Waals surface area contributed by atoms with Gasteiger partial charge in [0.2, 0.25) is 0 Å². The molecule has 21 heavy (non-hydrogen) atoms. The van der Waals surface area contributed by atoms with E-state index < -0.39 is 37.9 Å². The fraction of sp³-hybridized carbons (Fsp3) is 0.214. The maximum absolute atomic E-state index is 13.6. The van der Waals surface area contributed by atoms with Crippen molar-refractivity contribution < 1.29 is 22.0 Å². The first-order chi connectivity index (χ1) is 9.70. The minimum absolute atomic E-state index is 0.323. The topological polar surface area (TPSA) is 51.2 Å². The van der Waals surface area contributed by atoms with E-state index in [1.807, 2.05) is 6.92 Å². The van der Waals surface area contributed by atoms with E-state index in [9.17, 15) is 22.0 Å². The first-order valence-electron chi connectivity index (χ1n) is 5.99. The van der Waals surface area contributed by atoms with Gasteiger partial charge in [0.25, 0.3) is 0 Å². The van der Waals surface area contributed by atoms with Gasteiger partial charge in [-0.2, -0.15) is 0 Å². The molecule has 0 aliphatic rings. The van der Waals surface area contributed by atoms with Gasteiger partial charge in [0.1, 0.15) is 22.3 Å². The van der Waals surface area contributed by atoms with E-state index in [0.717, 1.165) is 17.0 Å². The van der Waals surface area contributed by atoms with Crippen LogP contribution in [0, 0.1) is 25.5 Å². The van der Waals surface area contributed by atoms with Crippen LogP contribution in [-0.4, -0.2) is 20.0 Å². The molecule has 0 atom stereocenters. The van der Waals surface area contributed by atoms with Gasteiger partial charge in [-0.3, -0.25) is 4.79 Å². The first-order valence-corrected chi connectivity index (χ1v) is 8.45. The van der Waals surface area contributed by atoms with Crippen LogP contribution in [0.1, 0.15) is 20.1 Å². The number of Topliss-reactive ketones (excluding diaryl/α,β-unsaturated/α-hetero) is 1. The number of thiophene rings is 1. The van der Waals surface area contributed by atoms with E-state index in [-0.39, 0.29) is 0 Å². The molecule has 0 unspecified atom stereocenters. The predicted molar refractivity (Wildman–Crippen MR) is 76.5 cm³/mol. The maximum Gasteiger partial charge on any atom is 0.188 e. The number of rotatable bonds is 4. The zero-order valence-electron chi connectivity index (χ0n) is 11.3. The van der Waals surface area contributed by atoms with Crippen molar-refractivity contribution in [3.05, 3.63) is 51.2 Å². The third kappa shape index (κ3) is 3.36. The molecule has 0 spiro atoms. The minimum atomic E-state index is -4.15. The van der Waals surface area contributed by atoms with Gasteiger partial charge in [-0.1, -0.05) is 0 Å². The Labute approximate surface area is 125 Å². The zero-order chi connectivity index (χ0) is 15.8. The summed E-state index contributed by atoms with van der Waals surface area (Å²) in [6.07, 6.45) is 0. The van der Waals surface area contributed by atoms with Crippen molar-refractivity contribution in [2.75, 3.05) is 5.75 Å². The molecule has 2 aromatic rings. The summed E-state index contributed by atoms with van der Waals surface area (Å²) in [6, 6.07) is 3.77. The van der Waals surface area contributed by atoms with Gasteiger partial charge in [-0.05, 0) is 32.0 Å². The van der Waals surface area contributed by atoms with Gasteiger partial charge in [0.05, 0.1) is 0 Å². The Hall–Kier alpha value is -1.60. The average Bonchev–Trinajstić information content (AvgIpc) is 2.67. The minimum Gasteiger partial charge on any atom is -0.293 e. The van der Waals surface area contributed by atoms with Crippen LogP contribution in [0.4, 0.5) is 8.78 Å². The predicted octanol–water partition coefficient (Wildman–Crippen LogP) is 3.30. The quantitative estimate of drug-likeness (QED) is 0.638. The van der Waals surface area contributed by atoms with Gasteiger partial charge in [-0.25, -0.2) is 17.2 Å². The molecule has 0 aliphatic carbocycles. The summed E-state index contributed by atoms with van der Waals surface area (Å²) in [5.74, 6) is -3.50. The Bertz CT molecular complexity index is 808. The Morgan fingerprint density at radius 1 is 1.19 bits per heavy atom. The Morgan fingerprint density at radius 2 is 1.86 bits per heavy atom. The smallest absolute Gasteiger partial charge is 0.188 e. The van der Waals surface area contributed by atoms with E-state index in [4.69, 9.17) is 0 Å². The molecule has 0 N–H and O–H groups in total. The van der Waals surface area contributed by atoms with Crippen LogP contribution in [0.3, 0.4) is 0 Å². The van der Waals surface area contributed by atoms with Crippen LogP contribution < -0.4 is 0 Å². The molecular weight excluding hydrogens is 318 g/mol. The Balaban J connectivity index is 2.33. The molecule has 1 heterocycles. The number of aryl methyl sites for hydroxylation is 2. The number of hydrogen-bond donors (Lipinski definition) is 0. The van der Waals surface area contributed by atoms with Crippen LogP contribution in [0.2, 0.25) is 0 Å². The summed E-state index contributed by atoms with van der Waals surface area (Å²) in [4.78, 5) is 13.0. The summed E-state index contributed by atoms with van der Waals surface area (Å²) in [5.41, 5.74) is 0.323. The van der Waals surface area contributed by atoms with Gasteiger partial charge < -0.3 is 0 Å². The molecule has 1 aromatic carbocycles. The summed E-state index contributed by atoms with van der Waals surface area (Å²) >= 11 is 1.39. The number of ketones is 1. The lowest BCUT2D eigenvalue weighted by Gasteiger charge is -2.05. The molecule has 3 nitrogen and oxygen atoms in total. The van der Waals surface area contributed by atoms with Gasteiger partial charge in [-0.15, -0.1) is 11.3 Å². The lowest BCUT2D eigenvalue weighted by molar-refractivity contribution is 0.102. The molecule has 0 aliphatic heterocycles. The highest BCUT2D eigenvalue weighted by Gasteiger charge is 2.25. The second-order valence-electron chi connectivity index (χ2n) is 4.58. The van der Waals surface area contributed by atoms with Crippen LogP contribution in [0.5, 0.6) is 0 Å². The van der Waals surface area contributed by atoms with Crippen molar-refractivity contribution in [2.24, 2.45) is 0 Å². The van der Waals surface area contributed by atoms with E-state index in [2.05, 4.69) is 0 Å². The molecule has 0 fully saturated rings. The first kappa shape index (κ1) is 15.8. The Morgan fingerprint density at radius 3 is 2.38 bits per heavy atom. The molecule has 0 saturated carbocycles. The van der Waals surface area contributed by atoms with Crippen molar-refractivity contribution >= 4 is 27.0 Å². The summed E-state index contributed by atoms with van der Waals surface area (Å²) in [6.45, 7) is 3.53. The number of benzene rings is 1. The molecule has 2 rings (SSSR count). The lowest BCUT2D eigenvalue weighted by Crippen LogP contribution is -2.17. The van der Waals surface area contributed by atoms with E-state index in [0.29, 0.717) is 16.5 Å². The fourth-order valence-electron chi connectivity index (χ4n) is 1.96. The summed E-state index contributed by atoms with van der Waals surface area (Å²) in [5, 5.41) is 0. The normalized spacial score (nSPS) is 11.6. The van der Waals surface area contributed by atoms with E-state index in [1.165, 1.54) is 11.3 Å².